The predicted octanol–water partition coefficient (Wildman–Crippen LogP) is 2.75. The minimum absolute atomic E-state index is 0.414. The maximum Gasteiger partial charge on any atom is 0.0767 e. The molecule has 1 aliphatic rings. The molecule has 0 radical (unpaired) electrons. The van der Waals surface area contributed by atoms with Crippen LogP contribution in [-0.4, -0.2) is 40.5 Å². The molecule has 1 aromatic rings. The Morgan fingerprint density at radius 1 is 1.47 bits per heavy atom. The SMILES string of the molecule is CCc1nn(C)c(CN(CC)CC2CCCO2)c1Br. The second-order valence-electron chi connectivity index (χ2n) is 5.15. The molecule has 0 aliphatic carbocycles. The third kappa shape index (κ3) is 3.58. The zero-order valence-electron chi connectivity index (χ0n) is 12.2. The van der Waals surface area contributed by atoms with Gasteiger partial charge in [-0.3, -0.25) is 9.58 Å². The maximum absolute atomic E-state index is 5.73. The summed E-state index contributed by atoms with van der Waals surface area (Å²) in [5.41, 5.74) is 2.40. The van der Waals surface area contributed by atoms with Gasteiger partial charge in [-0.1, -0.05) is 13.8 Å². The molecule has 1 aliphatic heterocycles. The standard InChI is InChI=1S/C14H24BrN3O/c1-4-12-14(15)13(17(3)16-12)10-18(5-2)9-11-7-6-8-19-11/h11H,4-10H2,1-3H3. The summed E-state index contributed by atoms with van der Waals surface area (Å²) >= 11 is 3.69. The van der Waals surface area contributed by atoms with E-state index < -0.39 is 0 Å². The summed E-state index contributed by atoms with van der Waals surface area (Å²) in [6.07, 6.45) is 3.78. The van der Waals surface area contributed by atoms with Gasteiger partial charge in [-0.25, -0.2) is 0 Å². The van der Waals surface area contributed by atoms with Crippen LogP contribution < -0.4 is 0 Å². The molecule has 0 spiro atoms. The Kier molecular flexibility index (Phi) is 5.42. The summed E-state index contributed by atoms with van der Waals surface area (Å²) in [6.45, 7) is 8.27. The van der Waals surface area contributed by atoms with Crippen molar-refractivity contribution in [1.82, 2.24) is 14.7 Å². The van der Waals surface area contributed by atoms with E-state index in [2.05, 4.69) is 39.8 Å². The number of aromatic nitrogens is 2. The molecule has 0 N–H and O–H groups in total. The van der Waals surface area contributed by atoms with Crippen molar-refractivity contribution in [3.05, 3.63) is 15.9 Å². The number of hydrogen-bond acceptors (Lipinski definition) is 3. The highest BCUT2D eigenvalue weighted by Gasteiger charge is 2.21. The van der Waals surface area contributed by atoms with Crippen LogP contribution in [0.15, 0.2) is 4.47 Å². The van der Waals surface area contributed by atoms with Gasteiger partial charge >= 0.3 is 0 Å². The second-order valence-corrected chi connectivity index (χ2v) is 5.94. The number of aryl methyl sites for hydroxylation is 2. The quantitative estimate of drug-likeness (QED) is 0.803. The Hall–Kier alpha value is -0.390. The van der Waals surface area contributed by atoms with Gasteiger partial charge in [-0.15, -0.1) is 0 Å². The Morgan fingerprint density at radius 2 is 2.26 bits per heavy atom. The summed E-state index contributed by atoms with van der Waals surface area (Å²) < 4.78 is 8.90. The van der Waals surface area contributed by atoms with Crippen molar-refractivity contribution in [2.45, 2.75) is 45.8 Å². The Labute approximate surface area is 124 Å². The topological polar surface area (TPSA) is 30.3 Å². The fourth-order valence-corrected chi connectivity index (χ4v) is 3.33. The summed E-state index contributed by atoms with van der Waals surface area (Å²) in [5.74, 6) is 0. The number of ether oxygens (including phenoxy) is 1. The Morgan fingerprint density at radius 3 is 2.79 bits per heavy atom. The van der Waals surface area contributed by atoms with E-state index in [1.807, 2.05) is 11.7 Å². The minimum Gasteiger partial charge on any atom is -0.377 e. The molecule has 108 valence electrons. The molecular weight excluding hydrogens is 306 g/mol. The van der Waals surface area contributed by atoms with Crippen LogP contribution in [0.4, 0.5) is 0 Å². The van der Waals surface area contributed by atoms with E-state index in [0.717, 1.165) is 38.4 Å². The van der Waals surface area contributed by atoms with Crippen LogP contribution in [0.3, 0.4) is 0 Å². The largest absolute Gasteiger partial charge is 0.377 e. The Bertz CT molecular complexity index is 413. The molecule has 5 heteroatoms. The van der Waals surface area contributed by atoms with Gasteiger partial charge in [0.25, 0.3) is 0 Å². The van der Waals surface area contributed by atoms with Crippen molar-refractivity contribution in [3.63, 3.8) is 0 Å². The lowest BCUT2D eigenvalue weighted by Gasteiger charge is -2.23. The normalized spacial score (nSPS) is 19.5. The van der Waals surface area contributed by atoms with Crippen molar-refractivity contribution < 1.29 is 4.74 Å². The van der Waals surface area contributed by atoms with Crippen LogP contribution in [-0.2, 0) is 24.8 Å². The molecular formula is C14H24BrN3O. The smallest absolute Gasteiger partial charge is 0.0767 e. The van der Waals surface area contributed by atoms with Gasteiger partial charge in [0, 0.05) is 26.7 Å². The first kappa shape index (κ1) is 15.0. The lowest BCUT2D eigenvalue weighted by molar-refractivity contribution is 0.0716. The van der Waals surface area contributed by atoms with Crippen LogP contribution in [0.2, 0.25) is 0 Å². The van der Waals surface area contributed by atoms with Crippen molar-refractivity contribution in [2.24, 2.45) is 7.05 Å². The third-order valence-electron chi connectivity index (χ3n) is 3.81. The first-order valence-electron chi connectivity index (χ1n) is 7.19. The molecule has 1 unspecified atom stereocenters. The lowest BCUT2D eigenvalue weighted by atomic mass is 10.2. The molecule has 1 saturated heterocycles. The number of likely N-dealkylation sites (N-methyl/N-ethyl adjacent to an activating group) is 1. The molecule has 19 heavy (non-hydrogen) atoms. The molecule has 0 bridgehead atoms. The number of nitrogens with zero attached hydrogens (tertiary/aromatic N) is 3. The maximum atomic E-state index is 5.73. The van der Waals surface area contributed by atoms with E-state index in [0.29, 0.717) is 6.10 Å². The van der Waals surface area contributed by atoms with E-state index in [9.17, 15) is 0 Å². The predicted molar refractivity (Wildman–Crippen MR) is 80.2 cm³/mol. The summed E-state index contributed by atoms with van der Waals surface area (Å²) in [6, 6.07) is 0. The van der Waals surface area contributed by atoms with Gasteiger partial charge in [0.05, 0.1) is 22.0 Å². The number of hydrogen-bond donors (Lipinski definition) is 0. The van der Waals surface area contributed by atoms with E-state index >= 15 is 0 Å². The van der Waals surface area contributed by atoms with Gasteiger partial charge in [-0.05, 0) is 41.7 Å². The minimum atomic E-state index is 0.414. The second kappa shape index (κ2) is 6.86. The molecule has 0 amide bonds. The van der Waals surface area contributed by atoms with Crippen LogP contribution in [0.5, 0.6) is 0 Å². The molecule has 0 aromatic carbocycles. The highest BCUT2D eigenvalue weighted by molar-refractivity contribution is 9.10. The van der Waals surface area contributed by atoms with Crippen molar-refractivity contribution in [3.8, 4) is 0 Å². The van der Waals surface area contributed by atoms with E-state index in [1.165, 1.54) is 23.0 Å². The zero-order chi connectivity index (χ0) is 13.8. The highest BCUT2D eigenvalue weighted by atomic mass is 79.9. The average molecular weight is 330 g/mol. The van der Waals surface area contributed by atoms with Gasteiger partial charge in [-0.2, -0.15) is 5.10 Å². The number of halogens is 1. The van der Waals surface area contributed by atoms with Crippen molar-refractivity contribution in [1.29, 1.82) is 0 Å². The van der Waals surface area contributed by atoms with Gasteiger partial charge in [0.1, 0.15) is 0 Å². The van der Waals surface area contributed by atoms with Crippen molar-refractivity contribution >= 4 is 15.9 Å². The monoisotopic (exact) mass is 329 g/mol. The molecule has 2 heterocycles. The first-order chi connectivity index (χ1) is 9.15. The van der Waals surface area contributed by atoms with Crippen LogP contribution in [0, 0.1) is 0 Å². The van der Waals surface area contributed by atoms with Crippen LogP contribution >= 0.6 is 15.9 Å². The zero-order valence-corrected chi connectivity index (χ0v) is 13.7. The lowest BCUT2D eigenvalue weighted by Crippen LogP contribution is -2.32. The van der Waals surface area contributed by atoms with Crippen molar-refractivity contribution in [2.75, 3.05) is 19.7 Å². The van der Waals surface area contributed by atoms with Gasteiger partial charge < -0.3 is 4.74 Å². The van der Waals surface area contributed by atoms with E-state index in [4.69, 9.17) is 4.74 Å². The average Bonchev–Trinajstić information content (AvgIpc) is 3.00. The molecule has 0 saturated carbocycles. The van der Waals surface area contributed by atoms with Gasteiger partial charge in [0.2, 0.25) is 0 Å². The van der Waals surface area contributed by atoms with E-state index in [-0.39, 0.29) is 0 Å². The van der Waals surface area contributed by atoms with Gasteiger partial charge in [0.15, 0.2) is 0 Å². The van der Waals surface area contributed by atoms with Crippen LogP contribution in [0.1, 0.15) is 38.1 Å². The molecule has 1 atom stereocenters. The number of rotatable bonds is 6. The fourth-order valence-electron chi connectivity index (χ4n) is 2.59. The molecule has 1 aromatic heterocycles. The molecule has 1 fully saturated rings. The third-order valence-corrected chi connectivity index (χ3v) is 4.72. The first-order valence-corrected chi connectivity index (χ1v) is 7.99. The fraction of sp³-hybridized carbons (Fsp3) is 0.786. The summed E-state index contributed by atoms with van der Waals surface area (Å²) in [5, 5.41) is 4.56. The van der Waals surface area contributed by atoms with Crippen LogP contribution in [0.25, 0.3) is 0 Å². The van der Waals surface area contributed by atoms with E-state index in [1.54, 1.807) is 0 Å². The summed E-state index contributed by atoms with van der Waals surface area (Å²) in [7, 11) is 2.03. The molecule has 4 nitrogen and oxygen atoms in total. The molecule has 2 rings (SSSR count). The summed E-state index contributed by atoms with van der Waals surface area (Å²) in [4.78, 5) is 2.44. The highest BCUT2D eigenvalue weighted by Crippen LogP contribution is 2.23. The Balaban J connectivity index is 2.02.